The fourth-order valence-corrected chi connectivity index (χ4v) is 3.91. The van der Waals surface area contributed by atoms with Gasteiger partial charge in [-0.2, -0.15) is 0 Å². The third-order valence-corrected chi connectivity index (χ3v) is 5.37. The van der Waals surface area contributed by atoms with E-state index in [4.69, 9.17) is 0 Å². The SMILES string of the molecule is CCN1CCN(C(=O)CC(C)(C)C)[C@@H](Cc2ccccc2-c2cccnc2)C1=O. The molecule has 0 spiro atoms. The Balaban J connectivity index is 1.93. The van der Waals surface area contributed by atoms with Gasteiger partial charge >= 0.3 is 0 Å². The van der Waals surface area contributed by atoms with Crippen molar-refractivity contribution < 1.29 is 9.59 Å². The fraction of sp³-hybridized carbons (Fsp3) is 0.458. The molecule has 1 fully saturated rings. The molecule has 2 heterocycles. The monoisotopic (exact) mass is 393 g/mol. The third-order valence-electron chi connectivity index (χ3n) is 5.37. The molecule has 0 aliphatic carbocycles. The smallest absolute Gasteiger partial charge is 0.245 e. The van der Waals surface area contributed by atoms with Crippen molar-refractivity contribution in [3.8, 4) is 11.1 Å². The van der Waals surface area contributed by atoms with Gasteiger partial charge in [0.05, 0.1) is 0 Å². The maximum absolute atomic E-state index is 13.2. The van der Waals surface area contributed by atoms with E-state index < -0.39 is 6.04 Å². The van der Waals surface area contributed by atoms with Crippen LogP contribution in [0.2, 0.25) is 0 Å². The lowest BCUT2D eigenvalue weighted by atomic mass is 9.90. The Morgan fingerprint density at radius 2 is 1.90 bits per heavy atom. The lowest BCUT2D eigenvalue weighted by Crippen LogP contribution is -2.59. The quantitative estimate of drug-likeness (QED) is 0.777. The number of aromatic nitrogens is 1. The number of hydrogen-bond acceptors (Lipinski definition) is 3. The first-order valence-electron chi connectivity index (χ1n) is 10.4. The zero-order chi connectivity index (χ0) is 21.0. The van der Waals surface area contributed by atoms with Crippen LogP contribution >= 0.6 is 0 Å². The van der Waals surface area contributed by atoms with Crippen molar-refractivity contribution in [2.24, 2.45) is 5.41 Å². The predicted octanol–water partition coefficient (Wildman–Crippen LogP) is 3.79. The molecule has 0 N–H and O–H groups in total. The highest BCUT2D eigenvalue weighted by molar-refractivity contribution is 5.89. The summed E-state index contributed by atoms with van der Waals surface area (Å²) in [5.74, 6) is 0.104. The van der Waals surface area contributed by atoms with Crippen molar-refractivity contribution >= 4 is 11.8 Å². The van der Waals surface area contributed by atoms with E-state index in [9.17, 15) is 9.59 Å². The Hall–Kier alpha value is -2.69. The Bertz CT molecular complexity index is 858. The fourth-order valence-electron chi connectivity index (χ4n) is 3.91. The number of pyridine rings is 1. The number of nitrogens with zero attached hydrogens (tertiary/aromatic N) is 3. The van der Waals surface area contributed by atoms with Crippen molar-refractivity contribution in [2.75, 3.05) is 19.6 Å². The molecule has 0 bridgehead atoms. The van der Waals surface area contributed by atoms with Crippen LogP contribution in [0.1, 0.15) is 39.7 Å². The van der Waals surface area contributed by atoms with E-state index in [1.54, 1.807) is 11.1 Å². The van der Waals surface area contributed by atoms with Gasteiger partial charge in [0.2, 0.25) is 11.8 Å². The predicted molar refractivity (Wildman–Crippen MR) is 115 cm³/mol. The molecule has 0 saturated carbocycles. The first-order valence-corrected chi connectivity index (χ1v) is 10.4. The second-order valence-corrected chi connectivity index (χ2v) is 8.86. The van der Waals surface area contributed by atoms with E-state index in [1.165, 1.54) is 0 Å². The number of likely N-dealkylation sites (N-methyl/N-ethyl adjacent to an activating group) is 1. The van der Waals surface area contributed by atoms with Crippen LogP contribution in [0.15, 0.2) is 48.8 Å². The van der Waals surface area contributed by atoms with Gasteiger partial charge in [0, 0.05) is 50.4 Å². The number of benzene rings is 1. The normalized spacial score (nSPS) is 17.5. The Morgan fingerprint density at radius 3 is 2.55 bits per heavy atom. The van der Waals surface area contributed by atoms with E-state index >= 15 is 0 Å². The molecule has 0 radical (unpaired) electrons. The Morgan fingerprint density at radius 1 is 1.14 bits per heavy atom. The Kier molecular flexibility index (Phi) is 6.36. The maximum Gasteiger partial charge on any atom is 0.245 e. The molecular weight excluding hydrogens is 362 g/mol. The molecule has 1 aromatic heterocycles. The van der Waals surface area contributed by atoms with Crippen LogP contribution in [0.5, 0.6) is 0 Å². The summed E-state index contributed by atoms with van der Waals surface area (Å²) in [7, 11) is 0. The zero-order valence-electron chi connectivity index (χ0n) is 17.9. The number of piperazine rings is 1. The van der Waals surface area contributed by atoms with Crippen molar-refractivity contribution in [3.63, 3.8) is 0 Å². The van der Waals surface area contributed by atoms with Crippen molar-refractivity contribution in [2.45, 2.75) is 46.6 Å². The van der Waals surface area contributed by atoms with Gasteiger partial charge in [0.25, 0.3) is 0 Å². The largest absolute Gasteiger partial charge is 0.339 e. The summed E-state index contributed by atoms with van der Waals surface area (Å²) in [4.78, 5) is 34.2. The van der Waals surface area contributed by atoms with E-state index in [1.807, 2.05) is 48.4 Å². The minimum atomic E-state index is -0.462. The molecule has 5 nitrogen and oxygen atoms in total. The van der Waals surface area contributed by atoms with Gasteiger partial charge in [-0.3, -0.25) is 14.6 Å². The van der Waals surface area contributed by atoms with Crippen LogP contribution in [0, 0.1) is 5.41 Å². The highest BCUT2D eigenvalue weighted by Gasteiger charge is 2.38. The van der Waals surface area contributed by atoms with Gasteiger partial charge in [-0.15, -0.1) is 0 Å². The molecular formula is C24H31N3O2. The number of carbonyl (C=O) groups excluding carboxylic acids is 2. The van der Waals surface area contributed by atoms with Crippen molar-refractivity contribution in [1.29, 1.82) is 0 Å². The second-order valence-electron chi connectivity index (χ2n) is 8.86. The molecule has 2 aromatic rings. The van der Waals surface area contributed by atoms with Crippen LogP contribution in [0.25, 0.3) is 11.1 Å². The molecule has 5 heteroatoms. The average molecular weight is 394 g/mol. The van der Waals surface area contributed by atoms with Gasteiger partial charge in [0.15, 0.2) is 0 Å². The van der Waals surface area contributed by atoms with Crippen LogP contribution in [0.4, 0.5) is 0 Å². The lowest BCUT2D eigenvalue weighted by Gasteiger charge is -2.41. The summed E-state index contributed by atoms with van der Waals surface area (Å²) in [5.41, 5.74) is 3.03. The maximum atomic E-state index is 13.2. The van der Waals surface area contributed by atoms with Crippen LogP contribution < -0.4 is 0 Å². The van der Waals surface area contributed by atoms with E-state index in [-0.39, 0.29) is 17.2 Å². The summed E-state index contributed by atoms with van der Waals surface area (Å²) in [6, 6.07) is 11.6. The molecule has 0 unspecified atom stereocenters. The molecule has 1 aliphatic rings. The van der Waals surface area contributed by atoms with Crippen LogP contribution in [-0.4, -0.2) is 52.3 Å². The Labute approximate surface area is 173 Å². The summed E-state index contributed by atoms with van der Waals surface area (Å²) in [6.07, 6.45) is 4.54. The summed E-state index contributed by atoms with van der Waals surface area (Å²) in [5, 5.41) is 0. The molecule has 3 rings (SSSR count). The molecule has 1 aliphatic heterocycles. The van der Waals surface area contributed by atoms with Crippen LogP contribution in [-0.2, 0) is 16.0 Å². The summed E-state index contributed by atoms with van der Waals surface area (Å²) < 4.78 is 0. The molecule has 1 saturated heterocycles. The average Bonchev–Trinajstić information content (AvgIpc) is 2.69. The molecule has 1 aromatic carbocycles. The third kappa shape index (κ3) is 5.03. The number of carbonyl (C=O) groups is 2. The summed E-state index contributed by atoms with van der Waals surface area (Å²) in [6.45, 7) is 10.0. The lowest BCUT2D eigenvalue weighted by molar-refractivity contribution is -0.152. The number of rotatable bonds is 5. The standard InChI is InChI=1S/C24H31N3O2/c1-5-26-13-14-27(22(28)16-24(2,3)4)21(23(26)29)15-18-9-6-7-11-20(18)19-10-8-12-25-17-19/h6-12,17,21H,5,13-16H2,1-4H3/t21-/m0/s1. The van der Waals surface area contributed by atoms with Gasteiger partial charge in [-0.25, -0.2) is 0 Å². The van der Waals surface area contributed by atoms with E-state index in [0.29, 0.717) is 32.5 Å². The molecule has 29 heavy (non-hydrogen) atoms. The number of amides is 2. The van der Waals surface area contributed by atoms with E-state index in [0.717, 1.165) is 16.7 Å². The van der Waals surface area contributed by atoms with Gasteiger partial charge < -0.3 is 9.80 Å². The topological polar surface area (TPSA) is 53.5 Å². The van der Waals surface area contributed by atoms with Crippen LogP contribution in [0.3, 0.4) is 0 Å². The van der Waals surface area contributed by atoms with E-state index in [2.05, 4.69) is 31.8 Å². The van der Waals surface area contributed by atoms with Gasteiger partial charge in [-0.05, 0) is 29.5 Å². The van der Waals surface area contributed by atoms with Gasteiger partial charge in [-0.1, -0.05) is 51.1 Å². The van der Waals surface area contributed by atoms with Crippen molar-refractivity contribution in [1.82, 2.24) is 14.8 Å². The first-order chi connectivity index (χ1) is 13.8. The minimum absolute atomic E-state index is 0.0435. The highest BCUT2D eigenvalue weighted by atomic mass is 16.2. The second kappa shape index (κ2) is 8.76. The van der Waals surface area contributed by atoms with Crippen molar-refractivity contribution in [3.05, 3.63) is 54.4 Å². The zero-order valence-corrected chi connectivity index (χ0v) is 17.9. The summed E-state index contributed by atoms with van der Waals surface area (Å²) >= 11 is 0. The molecule has 2 amide bonds. The highest BCUT2D eigenvalue weighted by Crippen LogP contribution is 2.28. The number of hydrogen-bond donors (Lipinski definition) is 0. The first kappa shape index (κ1) is 21.0. The minimum Gasteiger partial charge on any atom is -0.339 e. The molecule has 1 atom stereocenters. The van der Waals surface area contributed by atoms with Gasteiger partial charge in [0.1, 0.15) is 6.04 Å². The molecule has 154 valence electrons.